The average molecular weight is 300 g/mol. The molecule has 1 aromatic rings. The number of anilines is 1. The van der Waals surface area contributed by atoms with E-state index in [2.05, 4.69) is 5.32 Å². The van der Waals surface area contributed by atoms with E-state index in [1.165, 1.54) is 6.08 Å². The van der Waals surface area contributed by atoms with Crippen LogP contribution in [0, 0.1) is 17.7 Å². The van der Waals surface area contributed by atoms with Crippen molar-refractivity contribution in [3.8, 4) is 0 Å². The minimum Gasteiger partial charge on any atom is -0.470 e. The molecule has 0 saturated heterocycles. The van der Waals surface area contributed by atoms with E-state index >= 15 is 0 Å². The molecule has 118 valence electrons. The molecule has 0 aliphatic rings. The van der Waals surface area contributed by atoms with E-state index in [9.17, 15) is 0 Å². The number of ether oxygens (including phenoxy) is 1. The van der Waals surface area contributed by atoms with Crippen LogP contribution in [0.4, 0.5) is 5.69 Å². The first-order valence-electron chi connectivity index (χ1n) is 7.07. The van der Waals surface area contributed by atoms with E-state index in [1.807, 2.05) is 32.0 Å². The zero-order valence-electron chi connectivity index (χ0n) is 13.5. The summed E-state index contributed by atoms with van der Waals surface area (Å²) in [4.78, 5) is 0. The van der Waals surface area contributed by atoms with Crippen molar-refractivity contribution in [2.24, 2.45) is 5.73 Å². The van der Waals surface area contributed by atoms with Gasteiger partial charge in [0.05, 0.1) is 0 Å². The van der Waals surface area contributed by atoms with Crippen LogP contribution in [0.1, 0.15) is 38.0 Å². The molecule has 0 radical (unpaired) electrons. The highest BCUT2D eigenvalue weighted by Crippen LogP contribution is 2.27. The van der Waals surface area contributed by atoms with Crippen LogP contribution in [0.3, 0.4) is 0 Å². The van der Waals surface area contributed by atoms with E-state index in [0.717, 1.165) is 16.8 Å². The average Bonchev–Trinajstić information content (AvgIpc) is 2.36. The second-order valence-electron chi connectivity index (χ2n) is 5.26. The van der Waals surface area contributed by atoms with Crippen molar-refractivity contribution >= 4 is 17.3 Å². The molecule has 5 nitrogen and oxygen atoms in total. The van der Waals surface area contributed by atoms with Gasteiger partial charge in [-0.05, 0) is 45.4 Å². The molecule has 0 bridgehead atoms. The molecular formula is C17H24N4O. The predicted octanol–water partition coefficient (Wildman–Crippen LogP) is 3.88. The maximum Gasteiger partial charge on any atom is 0.208 e. The molecule has 0 fully saturated rings. The van der Waals surface area contributed by atoms with Gasteiger partial charge in [-0.1, -0.05) is 12.1 Å². The number of hydrogen-bond acceptors (Lipinski definition) is 5. The summed E-state index contributed by atoms with van der Waals surface area (Å²) in [7, 11) is 0. The van der Waals surface area contributed by atoms with E-state index in [-0.39, 0.29) is 12.0 Å². The summed E-state index contributed by atoms with van der Waals surface area (Å²) < 4.78 is 5.58. The Balaban J connectivity index is 2.95. The lowest BCUT2D eigenvalue weighted by atomic mass is 10.1. The summed E-state index contributed by atoms with van der Waals surface area (Å²) in [5.74, 6) is 0.0323. The predicted molar refractivity (Wildman–Crippen MR) is 92.5 cm³/mol. The van der Waals surface area contributed by atoms with Crippen LogP contribution in [0.2, 0.25) is 0 Å². The first-order chi connectivity index (χ1) is 10.3. The van der Waals surface area contributed by atoms with Crippen molar-refractivity contribution in [3.63, 3.8) is 0 Å². The number of rotatable bonds is 6. The number of nitrogens with one attached hydrogen (secondary N) is 3. The first kappa shape index (κ1) is 17.5. The fraction of sp³-hybridized carbons (Fsp3) is 0.294. The maximum absolute atomic E-state index is 7.76. The van der Waals surface area contributed by atoms with Gasteiger partial charge in [-0.2, -0.15) is 0 Å². The van der Waals surface area contributed by atoms with Crippen LogP contribution in [-0.4, -0.2) is 11.6 Å². The van der Waals surface area contributed by atoms with Crippen LogP contribution >= 0.6 is 0 Å². The van der Waals surface area contributed by atoms with Crippen molar-refractivity contribution in [2.45, 2.75) is 33.8 Å². The molecule has 0 heterocycles. The van der Waals surface area contributed by atoms with Gasteiger partial charge in [-0.15, -0.1) is 0 Å². The van der Waals surface area contributed by atoms with Crippen LogP contribution in [-0.2, 0) is 4.74 Å². The van der Waals surface area contributed by atoms with Crippen LogP contribution < -0.4 is 11.1 Å². The number of allylic oxidation sites excluding steroid dienone is 2. The minimum atomic E-state index is -0.291. The zero-order chi connectivity index (χ0) is 16.7. The van der Waals surface area contributed by atoms with Crippen molar-refractivity contribution in [2.75, 3.05) is 5.32 Å². The van der Waals surface area contributed by atoms with Gasteiger partial charge < -0.3 is 21.2 Å². The van der Waals surface area contributed by atoms with Crippen molar-refractivity contribution in [1.29, 1.82) is 10.8 Å². The molecule has 1 atom stereocenters. The number of aryl methyl sites for hydroxylation is 1. The Hall–Kier alpha value is -2.56. The third-order valence-electron chi connectivity index (χ3n) is 2.88. The fourth-order valence-electron chi connectivity index (χ4n) is 1.90. The molecule has 0 spiro atoms. The largest absolute Gasteiger partial charge is 0.470 e. The third-order valence-corrected chi connectivity index (χ3v) is 2.88. The molecule has 5 N–H and O–H groups in total. The lowest BCUT2D eigenvalue weighted by Crippen LogP contribution is -2.09. The van der Waals surface area contributed by atoms with Gasteiger partial charge >= 0.3 is 0 Å². The lowest BCUT2D eigenvalue weighted by Gasteiger charge is -2.18. The Morgan fingerprint density at radius 1 is 1.32 bits per heavy atom. The van der Waals surface area contributed by atoms with Crippen molar-refractivity contribution < 1.29 is 4.74 Å². The molecule has 0 aromatic heterocycles. The highest BCUT2D eigenvalue weighted by atomic mass is 16.5. The van der Waals surface area contributed by atoms with E-state index in [4.69, 9.17) is 21.3 Å². The molecule has 0 unspecified atom stereocenters. The standard InChI is InChI=1S/C17H24N4O/c1-11-5-6-15(14(4)22-17(20)10-13(3)19)16(9-11)21-8-7-12(2)18/h5-10,14,18,20-21H,19H2,1-4H3/b8-7-,13-10-,18-12?,20-17?/t14-/m0/s1. The third kappa shape index (κ3) is 5.83. The van der Waals surface area contributed by atoms with Gasteiger partial charge in [0.25, 0.3) is 0 Å². The Bertz CT molecular complexity index is 613. The smallest absolute Gasteiger partial charge is 0.208 e. The Morgan fingerprint density at radius 3 is 2.59 bits per heavy atom. The second-order valence-corrected chi connectivity index (χ2v) is 5.26. The quantitative estimate of drug-likeness (QED) is 0.474. The molecule has 1 rings (SSSR count). The fourth-order valence-corrected chi connectivity index (χ4v) is 1.90. The topological polar surface area (TPSA) is 95.0 Å². The summed E-state index contributed by atoms with van der Waals surface area (Å²) in [6.45, 7) is 7.32. The van der Waals surface area contributed by atoms with E-state index < -0.39 is 0 Å². The van der Waals surface area contributed by atoms with Crippen LogP contribution in [0.15, 0.2) is 42.2 Å². The Morgan fingerprint density at radius 2 is 2.00 bits per heavy atom. The molecule has 22 heavy (non-hydrogen) atoms. The van der Waals surface area contributed by atoms with Gasteiger partial charge in [0, 0.05) is 34.9 Å². The van der Waals surface area contributed by atoms with Gasteiger partial charge in [0.1, 0.15) is 6.10 Å². The molecule has 5 heteroatoms. The van der Waals surface area contributed by atoms with Gasteiger partial charge in [0.15, 0.2) is 0 Å². The SMILES string of the molecule is CC(=N)/C=C\Nc1cc(C)ccc1[C@H](C)OC(=N)/C=C(/C)N. The Kier molecular flexibility index (Phi) is 6.38. The molecule has 0 aliphatic heterocycles. The molecule has 0 amide bonds. The van der Waals surface area contributed by atoms with Crippen LogP contribution in [0.25, 0.3) is 0 Å². The first-order valence-corrected chi connectivity index (χ1v) is 7.07. The van der Waals surface area contributed by atoms with Crippen molar-refractivity contribution in [1.82, 2.24) is 0 Å². The summed E-state index contributed by atoms with van der Waals surface area (Å²) in [5.41, 5.74) is 9.50. The van der Waals surface area contributed by atoms with E-state index in [0.29, 0.717) is 11.4 Å². The van der Waals surface area contributed by atoms with Gasteiger partial charge in [0.2, 0.25) is 5.90 Å². The highest BCUT2D eigenvalue weighted by Gasteiger charge is 2.12. The summed E-state index contributed by atoms with van der Waals surface area (Å²) in [5, 5.41) is 18.3. The number of benzene rings is 1. The summed E-state index contributed by atoms with van der Waals surface area (Å²) in [6.07, 6.45) is 4.60. The summed E-state index contributed by atoms with van der Waals surface area (Å²) >= 11 is 0. The number of hydrogen-bond donors (Lipinski definition) is 4. The molecule has 1 aromatic carbocycles. The maximum atomic E-state index is 7.76. The van der Waals surface area contributed by atoms with Crippen LogP contribution in [0.5, 0.6) is 0 Å². The minimum absolute atomic E-state index is 0.0323. The second kappa shape index (κ2) is 8.02. The zero-order valence-corrected chi connectivity index (χ0v) is 13.5. The highest BCUT2D eigenvalue weighted by molar-refractivity contribution is 5.90. The Labute approximate surface area is 131 Å². The monoisotopic (exact) mass is 300 g/mol. The molecule has 0 saturated carbocycles. The normalized spacial score (nSPS) is 13.0. The summed E-state index contributed by atoms with van der Waals surface area (Å²) in [6, 6.07) is 5.98. The van der Waals surface area contributed by atoms with Gasteiger partial charge in [-0.25, -0.2) is 0 Å². The number of nitrogens with two attached hydrogens (primary N) is 1. The van der Waals surface area contributed by atoms with Crippen molar-refractivity contribution in [3.05, 3.63) is 53.4 Å². The van der Waals surface area contributed by atoms with E-state index in [1.54, 1.807) is 26.1 Å². The lowest BCUT2D eigenvalue weighted by molar-refractivity contribution is 0.213. The van der Waals surface area contributed by atoms with Gasteiger partial charge in [-0.3, -0.25) is 5.41 Å². The molecular weight excluding hydrogens is 276 g/mol. The molecule has 0 aliphatic carbocycles.